The van der Waals surface area contributed by atoms with Crippen LogP contribution in [0, 0.1) is 6.92 Å². The Kier molecular flexibility index (Phi) is 5.12. The molecule has 0 spiro atoms. The van der Waals surface area contributed by atoms with Gasteiger partial charge in [0.1, 0.15) is 0 Å². The molecular formula is C22H26N4. The maximum atomic E-state index is 4.92. The van der Waals surface area contributed by atoms with Gasteiger partial charge in [0, 0.05) is 35.7 Å². The van der Waals surface area contributed by atoms with Gasteiger partial charge in [0.05, 0.1) is 5.52 Å². The quantitative estimate of drug-likeness (QED) is 0.735. The van der Waals surface area contributed by atoms with Crippen LogP contribution in [0.2, 0.25) is 0 Å². The van der Waals surface area contributed by atoms with Crippen LogP contribution in [0.1, 0.15) is 42.0 Å². The molecule has 2 N–H and O–H groups in total. The van der Waals surface area contributed by atoms with E-state index in [1.165, 1.54) is 41.5 Å². The SMILES string of the molecule is Cc1nc2cc(NCc3cccnc3)ccc2cc1C1CCCNCC1. The van der Waals surface area contributed by atoms with Crippen molar-refractivity contribution >= 4 is 16.6 Å². The Bertz CT molecular complexity index is 868. The lowest BCUT2D eigenvalue weighted by Crippen LogP contribution is -2.14. The van der Waals surface area contributed by atoms with Gasteiger partial charge >= 0.3 is 0 Å². The first-order valence-electron chi connectivity index (χ1n) is 9.54. The zero-order chi connectivity index (χ0) is 17.8. The number of aryl methyl sites for hydroxylation is 1. The summed E-state index contributed by atoms with van der Waals surface area (Å²) < 4.78 is 0. The third-order valence-electron chi connectivity index (χ3n) is 5.28. The smallest absolute Gasteiger partial charge is 0.0725 e. The molecule has 1 aliphatic rings. The molecule has 4 nitrogen and oxygen atoms in total. The van der Waals surface area contributed by atoms with Gasteiger partial charge in [0.15, 0.2) is 0 Å². The number of nitrogens with zero attached hydrogens (tertiary/aromatic N) is 2. The molecule has 0 saturated carbocycles. The van der Waals surface area contributed by atoms with Gasteiger partial charge in [-0.05, 0) is 80.6 Å². The van der Waals surface area contributed by atoms with Crippen molar-refractivity contribution in [3.05, 3.63) is 65.6 Å². The zero-order valence-corrected chi connectivity index (χ0v) is 15.3. The molecule has 4 rings (SSSR count). The number of hydrogen-bond acceptors (Lipinski definition) is 4. The highest BCUT2D eigenvalue weighted by Gasteiger charge is 2.17. The molecule has 1 aliphatic heterocycles. The van der Waals surface area contributed by atoms with Crippen molar-refractivity contribution < 1.29 is 0 Å². The summed E-state index contributed by atoms with van der Waals surface area (Å²) >= 11 is 0. The van der Waals surface area contributed by atoms with Crippen molar-refractivity contribution in [2.45, 2.75) is 38.6 Å². The second kappa shape index (κ2) is 7.83. The molecule has 3 aromatic rings. The first kappa shape index (κ1) is 17.0. The van der Waals surface area contributed by atoms with Gasteiger partial charge in [0.25, 0.3) is 0 Å². The Morgan fingerprint density at radius 2 is 2.12 bits per heavy atom. The molecule has 3 heterocycles. The molecule has 0 aliphatic carbocycles. The number of benzene rings is 1. The highest BCUT2D eigenvalue weighted by Crippen LogP contribution is 2.31. The number of pyridine rings is 2. The van der Waals surface area contributed by atoms with E-state index in [-0.39, 0.29) is 0 Å². The number of fused-ring (bicyclic) bond motifs is 1. The van der Waals surface area contributed by atoms with Gasteiger partial charge < -0.3 is 10.6 Å². The largest absolute Gasteiger partial charge is 0.381 e. The minimum absolute atomic E-state index is 0.630. The van der Waals surface area contributed by atoms with Gasteiger partial charge in [0.2, 0.25) is 0 Å². The molecule has 2 aromatic heterocycles. The third-order valence-corrected chi connectivity index (χ3v) is 5.28. The lowest BCUT2D eigenvalue weighted by Gasteiger charge is -2.17. The second-order valence-corrected chi connectivity index (χ2v) is 7.16. The van der Waals surface area contributed by atoms with E-state index in [9.17, 15) is 0 Å². The molecule has 1 fully saturated rings. The van der Waals surface area contributed by atoms with E-state index in [0.717, 1.165) is 30.8 Å². The summed E-state index contributed by atoms with van der Waals surface area (Å²) in [5, 5.41) is 8.21. The van der Waals surface area contributed by atoms with Crippen LogP contribution in [0.3, 0.4) is 0 Å². The summed E-state index contributed by atoms with van der Waals surface area (Å²) in [5.74, 6) is 0.630. The van der Waals surface area contributed by atoms with Crippen LogP contribution in [-0.2, 0) is 6.54 Å². The molecule has 1 unspecified atom stereocenters. The van der Waals surface area contributed by atoms with E-state index in [2.05, 4.69) is 52.9 Å². The van der Waals surface area contributed by atoms with E-state index in [0.29, 0.717) is 5.92 Å². The normalized spacial score (nSPS) is 17.8. The number of hydrogen-bond donors (Lipinski definition) is 2. The standard InChI is InChI=1S/C22H26N4/c1-16-21(18-5-3-9-23-11-8-18)12-19-6-7-20(13-22(19)26-16)25-15-17-4-2-10-24-14-17/h2,4,6-7,10,12-14,18,23,25H,3,5,8-9,11,15H2,1H3. The molecule has 0 amide bonds. The molecule has 0 radical (unpaired) electrons. The van der Waals surface area contributed by atoms with Crippen molar-refractivity contribution in [1.82, 2.24) is 15.3 Å². The maximum absolute atomic E-state index is 4.92. The van der Waals surface area contributed by atoms with Crippen LogP contribution in [0.15, 0.2) is 48.8 Å². The number of rotatable bonds is 4. The van der Waals surface area contributed by atoms with E-state index in [1.807, 2.05) is 12.3 Å². The summed E-state index contributed by atoms with van der Waals surface area (Å²) in [6.45, 7) is 5.18. The average Bonchev–Trinajstić information content (AvgIpc) is 2.96. The number of aromatic nitrogens is 2. The second-order valence-electron chi connectivity index (χ2n) is 7.16. The summed E-state index contributed by atoms with van der Waals surface area (Å²) in [4.78, 5) is 9.09. The van der Waals surface area contributed by atoms with Crippen LogP contribution >= 0.6 is 0 Å². The highest BCUT2D eigenvalue weighted by molar-refractivity contribution is 5.83. The van der Waals surface area contributed by atoms with Crippen molar-refractivity contribution in [1.29, 1.82) is 0 Å². The fourth-order valence-corrected chi connectivity index (χ4v) is 3.84. The van der Waals surface area contributed by atoms with E-state index in [1.54, 1.807) is 6.20 Å². The Hall–Kier alpha value is -2.46. The van der Waals surface area contributed by atoms with Crippen LogP contribution in [-0.4, -0.2) is 23.1 Å². The minimum atomic E-state index is 0.630. The topological polar surface area (TPSA) is 49.8 Å². The summed E-state index contributed by atoms with van der Waals surface area (Å²) in [6.07, 6.45) is 7.41. The number of anilines is 1. The average molecular weight is 346 g/mol. The lowest BCUT2D eigenvalue weighted by atomic mass is 9.90. The van der Waals surface area contributed by atoms with Gasteiger partial charge in [-0.1, -0.05) is 12.1 Å². The predicted octanol–water partition coefficient (Wildman–Crippen LogP) is 4.41. The van der Waals surface area contributed by atoms with Crippen molar-refractivity contribution in [3.63, 3.8) is 0 Å². The van der Waals surface area contributed by atoms with E-state index in [4.69, 9.17) is 4.98 Å². The fraction of sp³-hybridized carbons (Fsp3) is 0.364. The third kappa shape index (κ3) is 3.86. The molecule has 1 aromatic carbocycles. The fourth-order valence-electron chi connectivity index (χ4n) is 3.84. The zero-order valence-electron chi connectivity index (χ0n) is 15.3. The van der Waals surface area contributed by atoms with Gasteiger partial charge in [-0.25, -0.2) is 0 Å². The van der Waals surface area contributed by atoms with Gasteiger partial charge in [-0.15, -0.1) is 0 Å². The minimum Gasteiger partial charge on any atom is -0.381 e. The molecule has 0 bridgehead atoms. The molecule has 134 valence electrons. The Balaban J connectivity index is 1.55. The lowest BCUT2D eigenvalue weighted by molar-refractivity contribution is 0.604. The van der Waals surface area contributed by atoms with Crippen molar-refractivity contribution in [2.75, 3.05) is 18.4 Å². The summed E-state index contributed by atoms with van der Waals surface area (Å²) in [6, 6.07) is 12.9. The van der Waals surface area contributed by atoms with Gasteiger partial charge in [-0.3, -0.25) is 9.97 Å². The van der Waals surface area contributed by atoms with Crippen molar-refractivity contribution in [2.24, 2.45) is 0 Å². The molecule has 1 saturated heterocycles. The van der Waals surface area contributed by atoms with Gasteiger partial charge in [-0.2, -0.15) is 0 Å². The van der Waals surface area contributed by atoms with Crippen LogP contribution < -0.4 is 10.6 Å². The van der Waals surface area contributed by atoms with Crippen molar-refractivity contribution in [3.8, 4) is 0 Å². The van der Waals surface area contributed by atoms with E-state index < -0.39 is 0 Å². The molecule has 1 atom stereocenters. The Morgan fingerprint density at radius 1 is 1.15 bits per heavy atom. The molecular weight excluding hydrogens is 320 g/mol. The summed E-state index contributed by atoms with van der Waals surface area (Å²) in [5.41, 5.74) is 5.94. The maximum Gasteiger partial charge on any atom is 0.0725 e. The van der Waals surface area contributed by atoms with E-state index >= 15 is 0 Å². The Labute approximate surface area is 155 Å². The predicted molar refractivity (Wildman–Crippen MR) is 108 cm³/mol. The monoisotopic (exact) mass is 346 g/mol. The first-order valence-corrected chi connectivity index (χ1v) is 9.54. The summed E-state index contributed by atoms with van der Waals surface area (Å²) in [7, 11) is 0. The molecule has 26 heavy (non-hydrogen) atoms. The van der Waals surface area contributed by atoms with Crippen LogP contribution in [0.4, 0.5) is 5.69 Å². The number of nitrogens with one attached hydrogen (secondary N) is 2. The van der Waals surface area contributed by atoms with Crippen LogP contribution in [0.5, 0.6) is 0 Å². The molecule has 4 heteroatoms. The first-order chi connectivity index (χ1) is 12.8. The Morgan fingerprint density at radius 3 is 3.00 bits per heavy atom. The highest BCUT2D eigenvalue weighted by atomic mass is 14.9. The van der Waals surface area contributed by atoms with Crippen LogP contribution in [0.25, 0.3) is 10.9 Å².